The standard InChI is InChI=1S/C29H27FN4O3S/c1-18-8-10-20(11-9-18)16-37-23-14-12-21(13-15-23)26-25(27(35)36-3)19(2)31-28-32-29(33-34(26)28)38-17-22-6-4-5-7-24(22)30/h4-15,26H,16-17H2,1-3H3,(H,31,32,33). The predicted octanol–water partition coefficient (Wildman–Crippen LogP) is 6.06. The van der Waals surface area contributed by atoms with Crippen LogP contribution in [-0.2, 0) is 21.9 Å². The Hall–Kier alpha value is -4.11. The van der Waals surface area contributed by atoms with E-state index in [4.69, 9.17) is 9.47 Å². The van der Waals surface area contributed by atoms with Crippen LogP contribution in [0.1, 0.15) is 35.2 Å². The molecule has 0 fully saturated rings. The first-order valence-corrected chi connectivity index (χ1v) is 13.1. The molecule has 3 aromatic carbocycles. The number of hydrogen-bond acceptors (Lipinski definition) is 7. The second kappa shape index (κ2) is 11.1. The minimum atomic E-state index is -0.555. The monoisotopic (exact) mass is 530 g/mol. The molecule has 4 aromatic rings. The van der Waals surface area contributed by atoms with E-state index in [1.807, 2.05) is 50.2 Å². The molecule has 9 heteroatoms. The van der Waals surface area contributed by atoms with Crippen molar-refractivity contribution in [3.63, 3.8) is 0 Å². The van der Waals surface area contributed by atoms with E-state index in [-0.39, 0.29) is 5.82 Å². The lowest BCUT2D eigenvalue weighted by Gasteiger charge is -2.27. The number of ether oxygens (including phenoxy) is 2. The summed E-state index contributed by atoms with van der Waals surface area (Å²) in [5.74, 6) is 0.861. The van der Waals surface area contributed by atoms with Gasteiger partial charge in [0, 0.05) is 11.4 Å². The number of aromatic nitrogens is 3. The number of thioether (sulfide) groups is 1. The van der Waals surface area contributed by atoms with Gasteiger partial charge in [0.2, 0.25) is 11.1 Å². The normalized spacial score (nSPS) is 14.6. The van der Waals surface area contributed by atoms with E-state index in [9.17, 15) is 9.18 Å². The van der Waals surface area contributed by atoms with E-state index in [1.54, 1.807) is 22.9 Å². The minimum Gasteiger partial charge on any atom is -0.489 e. The summed E-state index contributed by atoms with van der Waals surface area (Å²) in [5.41, 5.74) is 4.74. The average molecular weight is 531 g/mol. The Morgan fingerprint density at radius 3 is 2.50 bits per heavy atom. The molecule has 0 aliphatic carbocycles. The van der Waals surface area contributed by atoms with Gasteiger partial charge in [-0.05, 0) is 48.7 Å². The molecule has 1 aliphatic heterocycles. The number of aryl methyl sites for hydroxylation is 1. The topological polar surface area (TPSA) is 78.3 Å². The van der Waals surface area contributed by atoms with Crippen molar-refractivity contribution >= 4 is 23.7 Å². The lowest BCUT2D eigenvalue weighted by atomic mass is 9.96. The Balaban J connectivity index is 1.40. The summed E-state index contributed by atoms with van der Waals surface area (Å²) in [4.78, 5) is 17.4. The number of carbonyl (C=O) groups excluding carboxylic acids is 1. The number of allylic oxidation sites excluding steroid dienone is 1. The summed E-state index contributed by atoms with van der Waals surface area (Å²) < 4.78 is 26.8. The number of rotatable bonds is 8. The number of carbonyl (C=O) groups is 1. The quantitative estimate of drug-likeness (QED) is 0.219. The van der Waals surface area contributed by atoms with Crippen LogP contribution in [-0.4, -0.2) is 27.8 Å². The summed E-state index contributed by atoms with van der Waals surface area (Å²) in [6.07, 6.45) is 0. The molecule has 194 valence electrons. The molecule has 2 heterocycles. The van der Waals surface area contributed by atoms with Gasteiger partial charge in [0.1, 0.15) is 24.2 Å². The number of methoxy groups -OCH3 is 1. The molecule has 1 N–H and O–H groups in total. The van der Waals surface area contributed by atoms with Crippen LogP contribution in [0.2, 0.25) is 0 Å². The van der Waals surface area contributed by atoms with Crippen molar-refractivity contribution in [2.24, 2.45) is 0 Å². The Kier molecular flexibility index (Phi) is 7.46. The number of benzene rings is 3. The maximum absolute atomic E-state index is 14.1. The average Bonchev–Trinajstić information content (AvgIpc) is 3.34. The van der Waals surface area contributed by atoms with E-state index >= 15 is 0 Å². The number of nitrogens with zero attached hydrogens (tertiary/aromatic N) is 3. The number of esters is 1. The molecule has 5 rings (SSSR count). The Morgan fingerprint density at radius 1 is 1.05 bits per heavy atom. The second-order valence-electron chi connectivity index (χ2n) is 8.94. The van der Waals surface area contributed by atoms with Gasteiger partial charge in [-0.25, -0.2) is 13.9 Å². The molecule has 1 atom stereocenters. The summed E-state index contributed by atoms with van der Waals surface area (Å²) in [6.45, 7) is 4.31. The zero-order valence-corrected chi connectivity index (χ0v) is 22.1. The van der Waals surface area contributed by atoms with E-state index in [0.29, 0.717) is 46.0 Å². The summed E-state index contributed by atoms with van der Waals surface area (Å²) in [7, 11) is 1.36. The van der Waals surface area contributed by atoms with Crippen LogP contribution in [0.5, 0.6) is 5.75 Å². The lowest BCUT2D eigenvalue weighted by Crippen LogP contribution is -2.29. The van der Waals surface area contributed by atoms with Crippen molar-refractivity contribution < 1.29 is 18.7 Å². The fourth-order valence-electron chi connectivity index (χ4n) is 4.23. The van der Waals surface area contributed by atoms with Crippen molar-refractivity contribution in [1.29, 1.82) is 0 Å². The molecular weight excluding hydrogens is 503 g/mol. The van der Waals surface area contributed by atoms with Crippen molar-refractivity contribution in [3.8, 4) is 5.75 Å². The fourth-order valence-corrected chi connectivity index (χ4v) is 5.05. The van der Waals surface area contributed by atoms with Gasteiger partial charge in [-0.15, -0.1) is 5.10 Å². The molecule has 0 spiro atoms. The van der Waals surface area contributed by atoms with Gasteiger partial charge < -0.3 is 14.8 Å². The zero-order chi connectivity index (χ0) is 26.6. The molecule has 1 unspecified atom stereocenters. The third-order valence-electron chi connectivity index (χ3n) is 6.28. The highest BCUT2D eigenvalue weighted by molar-refractivity contribution is 7.98. The smallest absolute Gasteiger partial charge is 0.338 e. The third-order valence-corrected chi connectivity index (χ3v) is 7.16. The molecule has 38 heavy (non-hydrogen) atoms. The highest BCUT2D eigenvalue weighted by atomic mass is 32.2. The van der Waals surface area contributed by atoms with Crippen molar-refractivity contribution in [2.45, 2.75) is 37.4 Å². The van der Waals surface area contributed by atoms with E-state index in [2.05, 4.69) is 27.5 Å². The number of anilines is 1. The van der Waals surface area contributed by atoms with Crippen LogP contribution in [0.15, 0.2) is 89.2 Å². The molecule has 7 nitrogen and oxygen atoms in total. The van der Waals surface area contributed by atoms with Gasteiger partial charge >= 0.3 is 5.97 Å². The second-order valence-corrected chi connectivity index (χ2v) is 9.89. The van der Waals surface area contributed by atoms with Crippen molar-refractivity contribution in [2.75, 3.05) is 12.4 Å². The van der Waals surface area contributed by atoms with Gasteiger partial charge in [-0.2, -0.15) is 4.98 Å². The molecular formula is C29H27FN4O3S. The number of fused-ring (bicyclic) bond motifs is 1. The van der Waals surface area contributed by atoms with Crippen LogP contribution in [0.3, 0.4) is 0 Å². The first-order valence-electron chi connectivity index (χ1n) is 12.1. The summed E-state index contributed by atoms with van der Waals surface area (Å²) in [5, 5.41) is 8.31. The SMILES string of the molecule is COC(=O)C1=C(C)Nc2nc(SCc3ccccc3F)nn2C1c1ccc(OCc2ccc(C)cc2)cc1. The van der Waals surface area contributed by atoms with Crippen LogP contribution in [0.25, 0.3) is 0 Å². The molecule has 0 radical (unpaired) electrons. The van der Waals surface area contributed by atoms with Gasteiger partial charge in [0.15, 0.2) is 0 Å². The van der Waals surface area contributed by atoms with Crippen LogP contribution in [0.4, 0.5) is 10.3 Å². The molecule has 0 saturated carbocycles. The highest BCUT2D eigenvalue weighted by Gasteiger charge is 2.35. The number of hydrogen-bond donors (Lipinski definition) is 1. The van der Waals surface area contributed by atoms with E-state index in [0.717, 1.165) is 11.1 Å². The predicted molar refractivity (Wildman–Crippen MR) is 144 cm³/mol. The lowest BCUT2D eigenvalue weighted by molar-refractivity contribution is -0.136. The molecule has 1 aromatic heterocycles. The van der Waals surface area contributed by atoms with Gasteiger partial charge in [0.05, 0.1) is 12.7 Å². The Labute approximate surface area is 224 Å². The van der Waals surface area contributed by atoms with Gasteiger partial charge in [-0.1, -0.05) is 71.9 Å². The summed E-state index contributed by atoms with van der Waals surface area (Å²) in [6, 6.07) is 21.8. The Bertz CT molecular complexity index is 1480. The van der Waals surface area contributed by atoms with E-state index < -0.39 is 12.0 Å². The fraction of sp³-hybridized carbons (Fsp3) is 0.207. The minimum absolute atomic E-state index is 0.268. The van der Waals surface area contributed by atoms with Crippen molar-refractivity contribution in [3.05, 3.63) is 112 Å². The first kappa shape index (κ1) is 25.5. The maximum atomic E-state index is 14.1. The maximum Gasteiger partial charge on any atom is 0.338 e. The zero-order valence-electron chi connectivity index (χ0n) is 21.3. The summed E-state index contributed by atoms with van der Waals surface area (Å²) >= 11 is 1.33. The third kappa shape index (κ3) is 5.43. The van der Waals surface area contributed by atoms with Gasteiger partial charge in [0.25, 0.3) is 0 Å². The highest BCUT2D eigenvalue weighted by Crippen LogP contribution is 2.37. The molecule has 0 saturated heterocycles. The van der Waals surface area contributed by atoms with Gasteiger partial charge in [-0.3, -0.25) is 0 Å². The molecule has 1 aliphatic rings. The van der Waals surface area contributed by atoms with Crippen LogP contribution in [0, 0.1) is 12.7 Å². The van der Waals surface area contributed by atoms with Crippen molar-refractivity contribution in [1.82, 2.24) is 14.8 Å². The van der Waals surface area contributed by atoms with Crippen LogP contribution < -0.4 is 10.1 Å². The number of halogens is 1. The number of nitrogens with one attached hydrogen (secondary N) is 1. The molecule has 0 bridgehead atoms. The first-order chi connectivity index (χ1) is 18.4. The Morgan fingerprint density at radius 2 is 1.79 bits per heavy atom. The van der Waals surface area contributed by atoms with Crippen LogP contribution >= 0.6 is 11.8 Å². The largest absolute Gasteiger partial charge is 0.489 e. The molecule has 0 amide bonds. The van der Waals surface area contributed by atoms with E-state index in [1.165, 1.54) is 30.5 Å².